The molecule has 8 nitrogen and oxygen atoms in total. The number of carbonyl (C=O) groups is 4. The van der Waals surface area contributed by atoms with Crippen molar-refractivity contribution in [2.24, 2.45) is 0 Å². The van der Waals surface area contributed by atoms with Crippen LogP contribution in [0.1, 0.15) is 43.1 Å². The monoisotopic (exact) mass is 439 g/mol. The lowest BCUT2D eigenvalue weighted by molar-refractivity contribution is -0.121. The maximum Gasteiger partial charge on any atom is 0.338 e. The first-order chi connectivity index (χ1) is 14.7. The minimum absolute atomic E-state index is 0.0499. The number of anilines is 1. The molecular formula is C22H18ClN3O5. The Bertz CT molecular complexity index is 1140. The zero-order valence-electron chi connectivity index (χ0n) is 16.8. The quantitative estimate of drug-likeness (QED) is 0.505. The van der Waals surface area contributed by atoms with Gasteiger partial charge in [0, 0.05) is 24.3 Å². The minimum atomic E-state index is -0.807. The molecule has 3 rings (SSSR count). The molecule has 0 atom stereocenters. The molecule has 0 radical (unpaired) electrons. The fourth-order valence-corrected chi connectivity index (χ4v) is 3.25. The van der Waals surface area contributed by atoms with Crippen molar-refractivity contribution in [1.82, 2.24) is 4.90 Å². The Kier molecular flexibility index (Phi) is 6.37. The van der Waals surface area contributed by atoms with E-state index in [0.717, 1.165) is 10.5 Å². The predicted molar refractivity (Wildman–Crippen MR) is 112 cm³/mol. The number of carbonyl (C=O) groups excluding carboxylic acids is 4. The van der Waals surface area contributed by atoms with Gasteiger partial charge < -0.3 is 9.64 Å². The third-order valence-electron chi connectivity index (χ3n) is 4.85. The van der Waals surface area contributed by atoms with Gasteiger partial charge in [-0.2, -0.15) is 5.26 Å². The number of ether oxygens (including phenoxy) is 1. The van der Waals surface area contributed by atoms with Crippen LogP contribution in [-0.2, 0) is 9.53 Å². The summed E-state index contributed by atoms with van der Waals surface area (Å²) in [4.78, 5) is 51.5. The lowest BCUT2D eigenvalue weighted by Gasteiger charge is -2.22. The van der Waals surface area contributed by atoms with Crippen LogP contribution in [-0.4, -0.2) is 48.8 Å². The Morgan fingerprint density at radius 3 is 2.52 bits per heavy atom. The Balaban J connectivity index is 1.73. The third kappa shape index (κ3) is 4.42. The van der Waals surface area contributed by atoms with Gasteiger partial charge in [-0.3, -0.25) is 19.3 Å². The molecule has 3 amide bonds. The first-order valence-electron chi connectivity index (χ1n) is 9.31. The number of fused-ring (bicyclic) bond motifs is 1. The second kappa shape index (κ2) is 8.98. The van der Waals surface area contributed by atoms with Gasteiger partial charge in [-0.1, -0.05) is 11.6 Å². The Labute approximate surface area is 183 Å². The lowest BCUT2D eigenvalue weighted by Crippen LogP contribution is -2.35. The minimum Gasteiger partial charge on any atom is -0.452 e. The van der Waals surface area contributed by atoms with Crippen LogP contribution < -0.4 is 4.90 Å². The highest BCUT2D eigenvalue weighted by Crippen LogP contribution is 2.24. The molecule has 0 N–H and O–H groups in total. The van der Waals surface area contributed by atoms with Crippen molar-refractivity contribution in [2.45, 2.75) is 13.3 Å². The number of halogens is 1. The maximum atomic E-state index is 12.7. The van der Waals surface area contributed by atoms with Crippen LogP contribution in [0, 0.1) is 18.3 Å². The number of nitriles is 1. The van der Waals surface area contributed by atoms with E-state index in [9.17, 15) is 19.2 Å². The number of aryl methyl sites for hydroxylation is 1. The highest BCUT2D eigenvalue weighted by Gasteiger charge is 2.33. The van der Waals surface area contributed by atoms with Crippen molar-refractivity contribution in [2.75, 3.05) is 25.1 Å². The number of esters is 1. The van der Waals surface area contributed by atoms with Crippen LogP contribution in [0.4, 0.5) is 5.69 Å². The van der Waals surface area contributed by atoms with Crippen LogP contribution in [0.15, 0.2) is 36.4 Å². The van der Waals surface area contributed by atoms with E-state index in [1.54, 1.807) is 25.1 Å². The summed E-state index contributed by atoms with van der Waals surface area (Å²) in [5.74, 6) is -2.27. The number of rotatable bonds is 6. The van der Waals surface area contributed by atoms with Gasteiger partial charge in [0.2, 0.25) is 0 Å². The van der Waals surface area contributed by atoms with Crippen molar-refractivity contribution >= 4 is 41.0 Å². The molecule has 0 spiro atoms. The van der Waals surface area contributed by atoms with Crippen LogP contribution in [0.2, 0.25) is 5.02 Å². The number of benzene rings is 2. The molecule has 158 valence electrons. The number of nitrogens with zero attached hydrogens (tertiary/aromatic N) is 3. The molecule has 0 aliphatic carbocycles. The molecule has 0 bridgehead atoms. The Morgan fingerprint density at radius 1 is 1.13 bits per heavy atom. The van der Waals surface area contributed by atoms with Crippen molar-refractivity contribution in [3.05, 3.63) is 63.7 Å². The molecule has 0 fully saturated rings. The maximum absolute atomic E-state index is 12.7. The molecule has 0 unspecified atom stereocenters. The molecule has 1 aliphatic rings. The highest BCUT2D eigenvalue weighted by molar-refractivity contribution is 6.31. The molecule has 9 heteroatoms. The van der Waals surface area contributed by atoms with Crippen LogP contribution >= 0.6 is 11.6 Å². The van der Waals surface area contributed by atoms with Gasteiger partial charge in [0.05, 0.1) is 29.2 Å². The molecule has 0 saturated carbocycles. The molecule has 31 heavy (non-hydrogen) atoms. The molecule has 1 aliphatic heterocycles. The van der Waals surface area contributed by atoms with Gasteiger partial charge in [-0.05, 0) is 48.9 Å². The van der Waals surface area contributed by atoms with Crippen molar-refractivity contribution in [1.29, 1.82) is 5.26 Å². The summed E-state index contributed by atoms with van der Waals surface area (Å²) in [6, 6.07) is 11.0. The number of amides is 3. The van der Waals surface area contributed by atoms with Gasteiger partial charge in [0.1, 0.15) is 0 Å². The van der Waals surface area contributed by atoms with Gasteiger partial charge in [0.25, 0.3) is 17.7 Å². The molecule has 2 aromatic rings. The molecule has 0 saturated heterocycles. The predicted octanol–water partition coefficient (Wildman–Crippen LogP) is 2.98. The molecule has 2 aromatic carbocycles. The average molecular weight is 440 g/mol. The lowest BCUT2D eigenvalue weighted by atomic mass is 10.1. The summed E-state index contributed by atoms with van der Waals surface area (Å²) < 4.78 is 5.13. The van der Waals surface area contributed by atoms with E-state index in [4.69, 9.17) is 21.6 Å². The number of hydrogen-bond acceptors (Lipinski definition) is 6. The molecule has 0 aromatic heterocycles. The summed E-state index contributed by atoms with van der Waals surface area (Å²) in [5, 5.41) is 9.44. The van der Waals surface area contributed by atoms with E-state index in [-0.39, 0.29) is 29.7 Å². The number of hydrogen-bond donors (Lipinski definition) is 0. The van der Waals surface area contributed by atoms with Crippen molar-refractivity contribution < 1.29 is 23.9 Å². The summed E-state index contributed by atoms with van der Waals surface area (Å²) in [6.45, 7) is 1.35. The van der Waals surface area contributed by atoms with Crippen LogP contribution in [0.5, 0.6) is 0 Å². The Morgan fingerprint density at radius 2 is 1.84 bits per heavy atom. The first kappa shape index (κ1) is 22.0. The van der Waals surface area contributed by atoms with Crippen LogP contribution in [0.25, 0.3) is 0 Å². The van der Waals surface area contributed by atoms with Gasteiger partial charge in [-0.25, -0.2) is 4.79 Å². The Hall–Kier alpha value is -3.70. The zero-order valence-corrected chi connectivity index (χ0v) is 17.6. The number of imide groups is 1. The summed E-state index contributed by atoms with van der Waals surface area (Å²) in [6.07, 6.45) is 0.0931. The molecular weight excluding hydrogens is 422 g/mol. The average Bonchev–Trinajstić information content (AvgIpc) is 2.98. The second-order valence-corrected chi connectivity index (χ2v) is 7.30. The second-order valence-electron chi connectivity index (χ2n) is 6.89. The highest BCUT2D eigenvalue weighted by atomic mass is 35.5. The van der Waals surface area contributed by atoms with E-state index in [1.165, 1.54) is 30.1 Å². The van der Waals surface area contributed by atoms with E-state index in [0.29, 0.717) is 10.7 Å². The smallest absolute Gasteiger partial charge is 0.338 e. The fourth-order valence-electron chi connectivity index (χ4n) is 3.13. The fraction of sp³-hybridized carbons (Fsp3) is 0.227. The van der Waals surface area contributed by atoms with Crippen molar-refractivity contribution in [3.8, 4) is 6.07 Å². The third-order valence-corrected chi connectivity index (χ3v) is 5.28. The van der Waals surface area contributed by atoms with Gasteiger partial charge in [-0.15, -0.1) is 0 Å². The van der Waals surface area contributed by atoms with Crippen molar-refractivity contribution in [3.63, 3.8) is 0 Å². The SMILES string of the molecule is Cc1cc(N(CCC#N)C(=O)COC(=O)c2ccc3c(c2)C(=O)N(C)C3=O)ccc1Cl. The summed E-state index contributed by atoms with van der Waals surface area (Å²) >= 11 is 6.04. The van der Waals surface area contributed by atoms with Gasteiger partial charge in [0.15, 0.2) is 6.61 Å². The zero-order chi connectivity index (χ0) is 22.7. The van der Waals surface area contributed by atoms with E-state index < -0.39 is 30.3 Å². The summed E-state index contributed by atoms with van der Waals surface area (Å²) in [7, 11) is 1.36. The van der Waals surface area contributed by atoms with E-state index in [2.05, 4.69) is 0 Å². The normalized spacial score (nSPS) is 12.4. The topological polar surface area (TPSA) is 108 Å². The molecule has 1 heterocycles. The largest absolute Gasteiger partial charge is 0.452 e. The van der Waals surface area contributed by atoms with Crippen LogP contribution in [0.3, 0.4) is 0 Å². The first-order valence-corrected chi connectivity index (χ1v) is 9.69. The summed E-state index contributed by atoms with van der Waals surface area (Å²) in [5.41, 5.74) is 1.66. The standard InChI is InChI=1S/C22H18ClN3O5/c1-13-10-15(5-7-18(13)23)26(9-3-8-24)19(27)12-31-22(30)14-4-6-16-17(11-14)21(29)25(2)20(16)28/h4-7,10-11H,3,9,12H2,1-2H3. The van der Waals surface area contributed by atoms with Gasteiger partial charge >= 0.3 is 5.97 Å². The van der Waals surface area contributed by atoms with E-state index in [1.807, 2.05) is 6.07 Å². The van der Waals surface area contributed by atoms with E-state index >= 15 is 0 Å².